The smallest absolute Gasteiger partial charge is 0.224 e. The van der Waals surface area contributed by atoms with Crippen LogP contribution in [0.1, 0.15) is 32.8 Å². The van der Waals surface area contributed by atoms with Crippen molar-refractivity contribution in [1.29, 1.82) is 0 Å². The van der Waals surface area contributed by atoms with Gasteiger partial charge in [0.1, 0.15) is 11.5 Å². The molecule has 0 saturated heterocycles. The van der Waals surface area contributed by atoms with E-state index < -0.39 is 0 Å². The molecule has 0 fully saturated rings. The molecule has 6 nitrogen and oxygen atoms in total. The van der Waals surface area contributed by atoms with E-state index >= 15 is 0 Å². The standard InChI is InChI=1S/C20H27N3O3.2ClH/c1-4-12-25-17-7-9-18(10-8-17)26-20-16(6-5-11-22-20)13-23-19(24)14(2)15(3)21;;/h5-11,14-15H,4,12-13,21H2,1-3H3,(H,23,24);2*1H. The average Bonchev–Trinajstić information content (AvgIpc) is 2.65. The van der Waals surface area contributed by atoms with E-state index in [2.05, 4.69) is 17.2 Å². The number of nitrogens with two attached hydrogens (primary N) is 1. The average molecular weight is 430 g/mol. The molecule has 0 aliphatic carbocycles. The lowest BCUT2D eigenvalue weighted by Gasteiger charge is -2.16. The number of carbonyl (C=O) groups excluding carboxylic acids is 1. The van der Waals surface area contributed by atoms with Crippen molar-refractivity contribution in [3.63, 3.8) is 0 Å². The van der Waals surface area contributed by atoms with Gasteiger partial charge in [0.15, 0.2) is 0 Å². The van der Waals surface area contributed by atoms with Crippen LogP contribution in [0.4, 0.5) is 0 Å². The van der Waals surface area contributed by atoms with Crippen LogP contribution in [0.3, 0.4) is 0 Å². The van der Waals surface area contributed by atoms with Gasteiger partial charge in [-0.2, -0.15) is 0 Å². The summed E-state index contributed by atoms with van der Waals surface area (Å²) in [5.41, 5.74) is 6.57. The van der Waals surface area contributed by atoms with Gasteiger partial charge in [0.2, 0.25) is 11.8 Å². The highest BCUT2D eigenvalue weighted by Crippen LogP contribution is 2.25. The van der Waals surface area contributed by atoms with Crippen molar-refractivity contribution >= 4 is 30.7 Å². The monoisotopic (exact) mass is 429 g/mol. The molecule has 1 heterocycles. The predicted octanol–water partition coefficient (Wildman–Crippen LogP) is 4.11. The number of hydrogen-bond acceptors (Lipinski definition) is 5. The van der Waals surface area contributed by atoms with Crippen LogP contribution in [0.25, 0.3) is 0 Å². The van der Waals surface area contributed by atoms with Gasteiger partial charge in [0.25, 0.3) is 0 Å². The van der Waals surface area contributed by atoms with Gasteiger partial charge in [-0.15, -0.1) is 24.8 Å². The van der Waals surface area contributed by atoms with E-state index in [1.807, 2.05) is 50.2 Å². The second-order valence-electron chi connectivity index (χ2n) is 6.26. The van der Waals surface area contributed by atoms with E-state index in [1.54, 1.807) is 6.20 Å². The molecule has 1 aromatic carbocycles. The Morgan fingerprint density at radius 2 is 1.79 bits per heavy atom. The van der Waals surface area contributed by atoms with Gasteiger partial charge in [-0.1, -0.05) is 19.9 Å². The Morgan fingerprint density at radius 3 is 2.39 bits per heavy atom. The second kappa shape index (κ2) is 13.2. The van der Waals surface area contributed by atoms with Crippen LogP contribution in [0, 0.1) is 5.92 Å². The van der Waals surface area contributed by atoms with E-state index in [-0.39, 0.29) is 42.7 Å². The molecule has 0 aliphatic heterocycles. The maximum absolute atomic E-state index is 12.1. The normalized spacial score (nSPS) is 12.0. The molecule has 3 N–H and O–H groups in total. The van der Waals surface area contributed by atoms with Crippen LogP contribution in [0.15, 0.2) is 42.6 Å². The minimum absolute atomic E-state index is 0. The Labute approximate surface area is 179 Å². The maximum atomic E-state index is 12.1. The van der Waals surface area contributed by atoms with E-state index in [4.69, 9.17) is 15.2 Å². The molecule has 0 spiro atoms. The zero-order valence-corrected chi connectivity index (χ0v) is 18.0. The fourth-order valence-corrected chi connectivity index (χ4v) is 2.17. The van der Waals surface area contributed by atoms with Gasteiger partial charge in [0.05, 0.1) is 6.61 Å². The summed E-state index contributed by atoms with van der Waals surface area (Å²) in [6, 6.07) is 10.9. The number of benzene rings is 1. The van der Waals surface area contributed by atoms with Gasteiger partial charge in [0, 0.05) is 30.3 Å². The van der Waals surface area contributed by atoms with Crippen LogP contribution < -0.4 is 20.5 Å². The largest absolute Gasteiger partial charge is 0.494 e. The lowest BCUT2D eigenvalue weighted by Crippen LogP contribution is -2.38. The number of nitrogens with zero attached hydrogens (tertiary/aromatic N) is 1. The summed E-state index contributed by atoms with van der Waals surface area (Å²) in [5, 5.41) is 2.88. The van der Waals surface area contributed by atoms with Crippen molar-refractivity contribution in [2.75, 3.05) is 6.61 Å². The van der Waals surface area contributed by atoms with Gasteiger partial charge >= 0.3 is 0 Å². The van der Waals surface area contributed by atoms with E-state index in [0.29, 0.717) is 24.8 Å². The number of aromatic nitrogens is 1. The number of ether oxygens (including phenoxy) is 2. The topological polar surface area (TPSA) is 86.5 Å². The minimum Gasteiger partial charge on any atom is -0.494 e. The molecule has 28 heavy (non-hydrogen) atoms. The number of nitrogens with one attached hydrogen (secondary N) is 1. The Kier molecular flexibility index (Phi) is 12.3. The van der Waals surface area contributed by atoms with Crippen molar-refractivity contribution in [2.24, 2.45) is 11.7 Å². The van der Waals surface area contributed by atoms with Gasteiger partial charge in [-0.3, -0.25) is 4.79 Å². The Morgan fingerprint density at radius 1 is 1.14 bits per heavy atom. The van der Waals surface area contributed by atoms with Crippen molar-refractivity contribution in [3.05, 3.63) is 48.2 Å². The lowest BCUT2D eigenvalue weighted by molar-refractivity contribution is -0.125. The first-order valence-corrected chi connectivity index (χ1v) is 8.89. The molecule has 156 valence electrons. The molecule has 2 rings (SSSR count). The molecule has 2 aromatic rings. The van der Waals surface area contributed by atoms with Gasteiger partial charge < -0.3 is 20.5 Å². The fourth-order valence-electron chi connectivity index (χ4n) is 2.17. The molecule has 0 saturated carbocycles. The predicted molar refractivity (Wildman–Crippen MR) is 116 cm³/mol. The molecule has 8 heteroatoms. The summed E-state index contributed by atoms with van der Waals surface area (Å²) in [6.07, 6.45) is 2.62. The van der Waals surface area contributed by atoms with Gasteiger partial charge in [-0.05, 0) is 43.7 Å². The molecule has 1 aromatic heterocycles. The summed E-state index contributed by atoms with van der Waals surface area (Å²) >= 11 is 0. The second-order valence-corrected chi connectivity index (χ2v) is 6.26. The maximum Gasteiger partial charge on any atom is 0.224 e. The summed E-state index contributed by atoms with van der Waals surface area (Å²) in [6.45, 7) is 6.70. The van der Waals surface area contributed by atoms with Crippen LogP contribution in [-0.4, -0.2) is 23.5 Å². The summed E-state index contributed by atoms with van der Waals surface area (Å²) < 4.78 is 11.4. The first-order valence-electron chi connectivity index (χ1n) is 8.89. The molecular formula is C20H29Cl2N3O3. The number of halogens is 2. The van der Waals surface area contributed by atoms with E-state index in [1.165, 1.54) is 0 Å². The highest BCUT2D eigenvalue weighted by atomic mass is 35.5. The molecule has 2 atom stereocenters. The number of carbonyl (C=O) groups is 1. The summed E-state index contributed by atoms with van der Waals surface area (Å²) in [7, 11) is 0. The summed E-state index contributed by atoms with van der Waals surface area (Å²) in [5.74, 6) is 1.57. The van der Waals surface area contributed by atoms with Crippen molar-refractivity contribution in [2.45, 2.75) is 39.8 Å². The quantitative estimate of drug-likeness (QED) is 0.626. The van der Waals surface area contributed by atoms with Crippen LogP contribution in [0.5, 0.6) is 17.4 Å². The van der Waals surface area contributed by atoms with Crippen molar-refractivity contribution < 1.29 is 14.3 Å². The Hall–Kier alpha value is -2.02. The first-order chi connectivity index (χ1) is 12.5. The highest BCUT2D eigenvalue weighted by Gasteiger charge is 2.17. The SMILES string of the molecule is CCCOc1ccc(Oc2ncccc2CNC(=O)C(C)C(C)N)cc1.Cl.Cl. The summed E-state index contributed by atoms with van der Waals surface area (Å²) in [4.78, 5) is 16.4. The zero-order valence-electron chi connectivity index (χ0n) is 16.4. The first kappa shape index (κ1) is 26.0. The Bertz CT molecular complexity index is 712. The van der Waals surface area contributed by atoms with E-state index in [9.17, 15) is 4.79 Å². The molecule has 0 radical (unpaired) electrons. The number of pyridine rings is 1. The van der Waals surface area contributed by atoms with Crippen molar-refractivity contribution in [3.8, 4) is 17.4 Å². The van der Waals surface area contributed by atoms with E-state index in [0.717, 1.165) is 17.7 Å². The number of rotatable bonds is 9. The molecular weight excluding hydrogens is 401 g/mol. The third kappa shape index (κ3) is 7.92. The third-order valence-corrected chi connectivity index (χ3v) is 4.02. The van der Waals surface area contributed by atoms with Crippen LogP contribution in [0.2, 0.25) is 0 Å². The molecule has 0 aliphatic rings. The van der Waals surface area contributed by atoms with Gasteiger partial charge in [-0.25, -0.2) is 4.98 Å². The molecule has 0 bridgehead atoms. The van der Waals surface area contributed by atoms with Crippen molar-refractivity contribution in [1.82, 2.24) is 10.3 Å². The Balaban J connectivity index is 0.00000364. The fraction of sp³-hybridized carbons (Fsp3) is 0.400. The minimum atomic E-state index is -0.258. The number of hydrogen-bond donors (Lipinski definition) is 2. The van der Waals surface area contributed by atoms with Crippen LogP contribution in [-0.2, 0) is 11.3 Å². The lowest BCUT2D eigenvalue weighted by atomic mass is 10.0. The van der Waals surface area contributed by atoms with Crippen LogP contribution >= 0.6 is 24.8 Å². The molecule has 2 unspecified atom stereocenters. The molecule has 1 amide bonds. The highest BCUT2D eigenvalue weighted by molar-refractivity contribution is 5.85. The number of amides is 1. The third-order valence-electron chi connectivity index (χ3n) is 4.02. The zero-order chi connectivity index (χ0) is 18.9.